The predicted octanol–water partition coefficient (Wildman–Crippen LogP) is -1.92. The average Bonchev–Trinajstić information content (AvgIpc) is 3.17. The van der Waals surface area contributed by atoms with Gasteiger partial charge in [-0.1, -0.05) is 23.5 Å². The van der Waals surface area contributed by atoms with Crippen LogP contribution in [0.4, 0.5) is 0 Å². The maximum absolute atomic E-state index is 12.9. The third-order valence-electron chi connectivity index (χ3n) is 5.18. The first kappa shape index (κ1) is 32.8. The second kappa shape index (κ2) is 14.7. The Hall–Kier alpha value is -1.20. The van der Waals surface area contributed by atoms with Gasteiger partial charge in [0.1, 0.15) is 5.75 Å². The first-order chi connectivity index (χ1) is 16.2. The first-order valence-electron chi connectivity index (χ1n) is 10.2. The van der Waals surface area contributed by atoms with Crippen LogP contribution in [0.5, 0.6) is 5.75 Å². The summed E-state index contributed by atoms with van der Waals surface area (Å²) in [6, 6.07) is 14.4. The zero-order valence-corrected chi connectivity index (χ0v) is 26.6. The summed E-state index contributed by atoms with van der Waals surface area (Å²) in [6.07, 6.45) is 3.08. The molecule has 0 aliphatic heterocycles. The summed E-state index contributed by atoms with van der Waals surface area (Å²) in [5.41, 5.74) is 2.31. The van der Waals surface area contributed by atoms with Crippen LogP contribution < -0.4 is 73.6 Å². The van der Waals surface area contributed by atoms with Crippen LogP contribution in [0.15, 0.2) is 47.1 Å². The number of benzene rings is 2. The van der Waals surface area contributed by atoms with Gasteiger partial charge in [0.15, 0.2) is 0 Å². The van der Waals surface area contributed by atoms with Crippen molar-refractivity contribution in [2.75, 3.05) is 13.3 Å². The molecule has 0 radical (unpaired) electrons. The molecular formula is C24H19BrN3Na2O5P. The molecular weight excluding hydrogens is 567 g/mol. The fourth-order valence-electron chi connectivity index (χ4n) is 3.57. The van der Waals surface area contributed by atoms with Crippen molar-refractivity contribution in [2.24, 2.45) is 0 Å². The van der Waals surface area contributed by atoms with Crippen molar-refractivity contribution in [3.05, 3.63) is 63.8 Å². The molecule has 0 amide bonds. The molecule has 0 aliphatic rings. The molecule has 0 N–H and O–H groups in total. The number of nitriles is 2. The summed E-state index contributed by atoms with van der Waals surface area (Å²) in [4.78, 5) is 34.5. The van der Waals surface area contributed by atoms with Gasteiger partial charge in [0, 0.05) is 33.6 Å². The molecule has 3 rings (SSSR count). The van der Waals surface area contributed by atoms with Crippen LogP contribution in [-0.2, 0) is 4.57 Å². The minimum Gasteiger partial charge on any atom is -0.811 e. The van der Waals surface area contributed by atoms with E-state index in [0.29, 0.717) is 33.3 Å². The van der Waals surface area contributed by atoms with Gasteiger partial charge in [-0.05, 0) is 61.5 Å². The Bertz CT molecular complexity index is 1420. The molecule has 12 heteroatoms. The van der Waals surface area contributed by atoms with E-state index in [2.05, 4.69) is 28.1 Å². The van der Waals surface area contributed by atoms with E-state index >= 15 is 0 Å². The quantitative estimate of drug-likeness (QED) is 0.130. The van der Waals surface area contributed by atoms with Crippen molar-refractivity contribution in [3.63, 3.8) is 0 Å². The summed E-state index contributed by atoms with van der Waals surface area (Å²) in [7, 11) is -3.11. The standard InChI is InChI=1S/C24H21BrN3O5P.2Na/c1-33-23-8-5-16(13-26)10-17(23)11-18(14-27)21-15-28(22-7-6-19(25)12-20(21)22)24(29)4-2-3-9-34(30,31)32;;/h5-8,10-12,15H,2-4,9H2,1H3,(H2,30,31,32);;/q;2*+1/p-2/b18-11+;;. The Morgan fingerprint density at radius 1 is 1.17 bits per heavy atom. The topological polar surface area (TPSA) is 142 Å². The van der Waals surface area contributed by atoms with E-state index in [1.54, 1.807) is 48.7 Å². The average molecular weight is 586 g/mol. The van der Waals surface area contributed by atoms with Crippen LogP contribution >= 0.6 is 23.5 Å². The molecule has 36 heavy (non-hydrogen) atoms. The van der Waals surface area contributed by atoms with Gasteiger partial charge >= 0.3 is 59.1 Å². The number of nitrogens with zero attached hydrogens (tertiary/aromatic N) is 3. The SMILES string of the molecule is COc1ccc(C#N)cc1/C=C(\C#N)c1cn(C(=O)CCCCP(=O)([O-])[O-])c2ccc(Br)cc12.[Na+].[Na+]. The summed E-state index contributed by atoms with van der Waals surface area (Å²) in [6.45, 7) is 0. The predicted molar refractivity (Wildman–Crippen MR) is 128 cm³/mol. The second-order valence-corrected chi connectivity index (χ2v) is 10.1. The molecule has 1 heterocycles. The summed E-state index contributed by atoms with van der Waals surface area (Å²) in [5.74, 6) is 0.202. The number of methoxy groups -OCH3 is 1. The Balaban J connectivity index is 0.00000324. The third kappa shape index (κ3) is 8.41. The maximum Gasteiger partial charge on any atom is 1.00 e. The van der Waals surface area contributed by atoms with E-state index in [-0.39, 0.29) is 89.9 Å². The van der Waals surface area contributed by atoms with Gasteiger partial charge in [0.25, 0.3) is 0 Å². The Morgan fingerprint density at radius 2 is 1.89 bits per heavy atom. The first-order valence-corrected chi connectivity index (χ1v) is 12.7. The molecule has 3 aromatic rings. The second-order valence-electron chi connectivity index (χ2n) is 7.50. The number of unbranched alkanes of at least 4 members (excludes halogenated alkanes) is 1. The largest absolute Gasteiger partial charge is 1.00 e. The molecule has 1 aromatic heterocycles. The van der Waals surface area contributed by atoms with E-state index in [1.807, 2.05) is 0 Å². The number of fused-ring (bicyclic) bond motifs is 1. The monoisotopic (exact) mass is 585 g/mol. The number of ether oxygens (including phenoxy) is 1. The minimum atomic E-state index is -4.60. The number of allylic oxidation sites excluding steroid dienone is 1. The van der Waals surface area contributed by atoms with Crippen molar-refractivity contribution in [1.82, 2.24) is 4.57 Å². The summed E-state index contributed by atoms with van der Waals surface area (Å²) < 4.78 is 18.4. The van der Waals surface area contributed by atoms with Crippen molar-refractivity contribution < 1.29 is 83.0 Å². The van der Waals surface area contributed by atoms with Crippen LogP contribution in [0.1, 0.15) is 40.7 Å². The molecule has 0 unspecified atom stereocenters. The Labute approximate surface area is 261 Å². The molecule has 0 saturated carbocycles. The number of rotatable bonds is 8. The van der Waals surface area contributed by atoms with Crippen molar-refractivity contribution in [3.8, 4) is 17.9 Å². The zero-order valence-electron chi connectivity index (χ0n) is 20.2. The van der Waals surface area contributed by atoms with Crippen LogP contribution in [0.2, 0.25) is 0 Å². The molecule has 0 atom stereocenters. The minimum absolute atomic E-state index is 0. The third-order valence-corrected chi connectivity index (χ3v) is 6.53. The summed E-state index contributed by atoms with van der Waals surface area (Å²) >= 11 is 3.42. The Morgan fingerprint density at radius 3 is 2.50 bits per heavy atom. The number of hydrogen-bond donors (Lipinski definition) is 0. The van der Waals surface area contributed by atoms with Crippen LogP contribution in [0, 0.1) is 22.7 Å². The van der Waals surface area contributed by atoms with Crippen LogP contribution in [0.3, 0.4) is 0 Å². The van der Waals surface area contributed by atoms with Crippen molar-refractivity contribution >= 4 is 52.0 Å². The van der Waals surface area contributed by atoms with Gasteiger partial charge < -0.3 is 19.1 Å². The maximum atomic E-state index is 12.9. The molecule has 174 valence electrons. The number of carbonyl (C=O) groups is 1. The fourth-order valence-corrected chi connectivity index (χ4v) is 4.54. The van der Waals surface area contributed by atoms with E-state index in [9.17, 15) is 29.7 Å². The number of halogens is 1. The van der Waals surface area contributed by atoms with Gasteiger partial charge in [0.05, 0.1) is 35.9 Å². The van der Waals surface area contributed by atoms with E-state index < -0.39 is 13.8 Å². The Kier molecular flexibility index (Phi) is 13.4. The molecule has 0 fully saturated rings. The smallest absolute Gasteiger partial charge is 0.811 e. The van der Waals surface area contributed by atoms with Crippen LogP contribution in [-0.4, -0.2) is 23.7 Å². The van der Waals surface area contributed by atoms with E-state index in [0.717, 1.165) is 4.47 Å². The molecule has 2 aromatic carbocycles. The number of hydrogen-bond acceptors (Lipinski definition) is 7. The zero-order chi connectivity index (χ0) is 24.9. The molecule has 0 aliphatic carbocycles. The fraction of sp³-hybridized carbons (Fsp3) is 0.208. The van der Waals surface area contributed by atoms with Gasteiger partial charge in [-0.3, -0.25) is 9.36 Å². The normalized spacial score (nSPS) is 11.1. The van der Waals surface area contributed by atoms with Crippen molar-refractivity contribution in [2.45, 2.75) is 19.3 Å². The van der Waals surface area contributed by atoms with Gasteiger partial charge in [0.2, 0.25) is 5.91 Å². The van der Waals surface area contributed by atoms with E-state index in [1.165, 1.54) is 11.7 Å². The molecule has 0 spiro atoms. The number of aromatic nitrogens is 1. The van der Waals surface area contributed by atoms with Gasteiger partial charge in [-0.15, -0.1) is 0 Å². The molecule has 0 saturated heterocycles. The van der Waals surface area contributed by atoms with Gasteiger partial charge in [-0.2, -0.15) is 10.5 Å². The van der Waals surface area contributed by atoms with Gasteiger partial charge in [-0.25, -0.2) is 0 Å². The number of carbonyl (C=O) groups excluding carboxylic acids is 1. The van der Waals surface area contributed by atoms with Crippen LogP contribution in [0.25, 0.3) is 22.6 Å². The molecule has 0 bridgehead atoms. The summed E-state index contributed by atoms with van der Waals surface area (Å²) in [5, 5.41) is 19.8. The van der Waals surface area contributed by atoms with Crippen molar-refractivity contribution in [1.29, 1.82) is 10.5 Å². The molecule has 8 nitrogen and oxygen atoms in total. The van der Waals surface area contributed by atoms with E-state index in [4.69, 9.17) is 4.74 Å².